The Labute approximate surface area is 157 Å². The van der Waals surface area contributed by atoms with E-state index in [1.165, 1.54) is 15.4 Å². The molecule has 0 saturated heterocycles. The van der Waals surface area contributed by atoms with Crippen LogP contribution in [0.1, 0.15) is 29.8 Å². The second-order valence-corrected chi connectivity index (χ2v) is 6.26. The number of hydrogen-bond donors (Lipinski definition) is 1. The van der Waals surface area contributed by atoms with E-state index in [1.54, 1.807) is 31.3 Å². The molecule has 3 aromatic heterocycles. The summed E-state index contributed by atoms with van der Waals surface area (Å²) in [7, 11) is 0. The van der Waals surface area contributed by atoms with Crippen molar-refractivity contribution in [1.82, 2.24) is 35.0 Å². The highest BCUT2D eigenvalue weighted by Crippen LogP contribution is 2.31. The molecule has 1 atom stereocenters. The molecule has 0 spiro atoms. The maximum Gasteiger partial charge on any atom is 0.416 e. The first-order chi connectivity index (χ1) is 13.3. The highest BCUT2D eigenvalue weighted by Gasteiger charge is 2.30. The number of anilines is 1. The topological polar surface area (TPSA) is 85.8 Å². The number of nitrogens with one attached hydrogen (secondary N) is 1. The second-order valence-electron chi connectivity index (χ2n) is 6.26. The zero-order valence-electron chi connectivity index (χ0n) is 14.9. The molecule has 4 rings (SSSR count). The van der Waals surface area contributed by atoms with Crippen molar-refractivity contribution in [3.8, 4) is 5.69 Å². The van der Waals surface area contributed by atoms with E-state index in [0.29, 0.717) is 17.2 Å². The van der Waals surface area contributed by atoms with Crippen LogP contribution in [0.2, 0.25) is 0 Å². The van der Waals surface area contributed by atoms with Crippen LogP contribution in [0.3, 0.4) is 0 Å². The molecule has 0 aliphatic carbocycles. The SMILES string of the molecule is Cc1c([C@H](C)Nc2ccc3nnnn3n2)cnn1-c1cccc(C(F)(F)F)c1. The van der Waals surface area contributed by atoms with Gasteiger partial charge < -0.3 is 5.32 Å². The van der Waals surface area contributed by atoms with Crippen molar-refractivity contribution in [1.29, 1.82) is 0 Å². The van der Waals surface area contributed by atoms with E-state index < -0.39 is 11.7 Å². The summed E-state index contributed by atoms with van der Waals surface area (Å²) in [5.41, 5.74) is 1.70. The normalized spacial score (nSPS) is 13.0. The molecule has 0 aliphatic rings. The molecule has 1 aromatic carbocycles. The van der Waals surface area contributed by atoms with Crippen LogP contribution in [0, 0.1) is 6.92 Å². The molecule has 0 bridgehead atoms. The molecule has 4 aromatic rings. The Bertz CT molecular complexity index is 1130. The fourth-order valence-electron chi connectivity index (χ4n) is 2.95. The maximum absolute atomic E-state index is 13.0. The molecule has 8 nitrogen and oxygen atoms in total. The van der Waals surface area contributed by atoms with Gasteiger partial charge in [-0.25, -0.2) is 4.68 Å². The van der Waals surface area contributed by atoms with Gasteiger partial charge in [0.05, 0.1) is 23.5 Å². The van der Waals surface area contributed by atoms with Gasteiger partial charge in [0.1, 0.15) is 5.82 Å². The van der Waals surface area contributed by atoms with Crippen molar-refractivity contribution >= 4 is 11.5 Å². The highest BCUT2D eigenvalue weighted by atomic mass is 19.4. The molecule has 144 valence electrons. The lowest BCUT2D eigenvalue weighted by Gasteiger charge is -2.15. The fraction of sp³-hybridized carbons (Fsp3) is 0.235. The number of nitrogens with zero attached hydrogens (tertiary/aromatic N) is 7. The molecule has 0 unspecified atom stereocenters. The van der Waals surface area contributed by atoms with Gasteiger partial charge in [0.15, 0.2) is 5.65 Å². The third kappa shape index (κ3) is 3.26. The summed E-state index contributed by atoms with van der Waals surface area (Å²) >= 11 is 0. The first-order valence-corrected chi connectivity index (χ1v) is 8.37. The van der Waals surface area contributed by atoms with Gasteiger partial charge >= 0.3 is 6.18 Å². The smallest absolute Gasteiger partial charge is 0.362 e. The summed E-state index contributed by atoms with van der Waals surface area (Å²) in [5.74, 6) is 0.554. The Morgan fingerprint density at radius 3 is 2.75 bits per heavy atom. The van der Waals surface area contributed by atoms with Crippen molar-refractivity contribution in [3.05, 3.63) is 59.4 Å². The monoisotopic (exact) mass is 388 g/mol. The summed E-state index contributed by atoms with van der Waals surface area (Å²) in [5, 5.41) is 22.8. The van der Waals surface area contributed by atoms with E-state index in [0.717, 1.165) is 23.4 Å². The Morgan fingerprint density at radius 1 is 1.14 bits per heavy atom. The van der Waals surface area contributed by atoms with E-state index in [-0.39, 0.29) is 6.04 Å². The van der Waals surface area contributed by atoms with Crippen molar-refractivity contribution in [3.63, 3.8) is 0 Å². The minimum absolute atomic E-state index is 0.194. The lowest BCUT2D eigenvalue weighted by atomic mass is 10.1. The van der Waals surface area contributed by atoms with Crippen molar-refractivity contribution in [2.24, 2.45) is 0 Å². The van der Waals surface area contributed by atoms with E-state index in [4.69, 9.17) is 0 Å². The molecule has 28 heavy (non-hydrogen) atoms. The number of alkyl halides is 3. The number of halogens is 3. The van der Waals surface area contributed by atoms with Crippen LogP contribution in [-0.2, 0) is 6.18 Å². The number of fused-ring (bicyclic) bond motifs is 1. The van der Waals surface area contributed by atoms with Crippen LogP contribution in [0.4, 0.5) is 19.0 Å². The van der Waals surface area contributed by atoms with Crippen molar-refractivity contribution < 1.29 is 13.2 Å². The summed E-state index contributed by atoms with van der Waals surface area (Å²) in [6.07, 6.45) is -2.78. The minimum Gasteiger partial charge on any atom is -0.362 e. The third-order valence-corrected chi connectivity index (χ3v) is 4.37. The van der Waals surface area contributed by atoms with Gasteiger partial charge in [0, 0.05) is 11.3 Å². The van der Waals surface area contributed by atoms with Crippen LogP contribution in [0.25, 0.3) is 11.3 Å². The average Bonchev–Trinajstić information content (AvgIpc) is 3.27. The summed E-state index contributed by atoms with van der Waals surface area (Å²) < 4.78 is 41.7. The van der Waals surface area contributed by atoms with Gasteiger partial charge in [-0.3, -0.25) is 0 Å². The highest BCUT2D eigenvalue weighted by molar-refractivity contribution is 5.45. The van der Waals surface area contributed by atoms with Crippen LogP contribution in [0.15, 0.2) is 42.6 Å². The van der Waals surface area contributed by atoms with Gasteiger partial charge in [-0.2, -0.15) is 18.3 Å². The molecule has 1 N–H and O–H groups in total. The number of tetrazole rings is 1. The zero-order chi connectivity index (χ0) is 19.9. The molecular formula is C17H15F3N8. The molecule has 0 radical (unpaired) electrons. The largest absolute Gasteiger partial charge is 0.416 e. The predicted molar refractivity (Wildman–Crippen MR) is 93.9 cm³/mol. The standard InChI is InChI=1S/C17H15F3N8/c1-10(22-15-6-7-16-23-25-26-28(16)24-15)14-9-21-27(11(14)2)13-5-3-4-12(8-13)17(18,19)20/h3-10H,1-2H3,(H,22,24)/t10-/m0/s1. The molecule has 0 fully saturated rings. The van der Waals surface area contributed by atoms with Crippen LogP contribution in [0.5, 0.6) is 0 Å². The van der Waals surface area contributed by atoms with Crippen LogP contribution in [-0.4, -0.2) is 35.0 Å². The fourth-order valence-corrected chi connectivity index (χ4v) is 2.95. The second kappa shape index (κ2) is 6.59. The lowest BCUT2D eigenvalue weighted by molar-refractivity contribution is -0.137. The first-order valence-electron chi connectivity index (χ1n) is 8.37. The number of rotatable bonds is 4. The Balaban J connectivity index is 1.61. The summed E-state index contributed by atoms with van der Waals surface area (Å²) in [6, 6.07) is 8.34. The van der Waals surface area contributed by atoms with Crippen molar-refractivity contribution in [2.75, 3.05) is 5.32 Å². The zero-order valence-corrected chi connectivity index (χ0v) is 14.9. The van der Waals surface area contributed by atoms with Gasteiger partial charge in [-0.15, -0.1) is 14.8 Å². The van der Waals surface area contributed by atoms with E-state index >= 15 is 0 Å². The van der Waals surface area contributed by atoms with Gasteiger partial charge in [0.25, 0.3) is 0 Å². The third-order valence-electron chi connectivity index (χ3n) is 4.37. The van der Waals surface area contributed by atoms with Crippen LogP contribution >= 0.6 is 0 Å². The van der Waals surface area contributed by atoms with Gasteiger partial charge in [-0.05, 0) is 54.6 Å². The summed E-state index contributed by atoms with van der Waals surface area (Å²) in [4.78, 5) is 0. The van der Waals surface area contributed by atoms with E-state index in [2.05, 4.69) is 31.0 Å². The lowest BCUT2D eigenvalue weighted by Crippen LogP contribution is -2.11. The number of aromatic nitrogens is 7. The molecular weight excluding hydrogens is 373 g/mol. The summed E-state index contributed by atoms with van der Waals surface area (Å²) in [6.45, 7) is 3.71. The quantitative estimate of drug-likeness (QED) is 0.578. The Kier molecular flexibility index (Phi) is 4.21. The van der Waals surface area contributed by atoms with Gasteiger partial charge in [0.2, 0.25) is 0 Å². The molecule has 11 heteroatoms. The Hall–Kier alpha value is -3.50. The van der Waals surface area contributed by atoms with Crippen LogP contribution < -0.4 is 5.32 Å². The van der Waals surface area contributed by atoms with Gasteiger partial charge in [-0.1, -0.05) is 6.07 Å². The molecule has 0 aliphatic heterocycles. The molecule has 0 amide bonds. The number of hydrogen-bond acceptors (Lipinski definition) is 6. The maximum atomic E-state index is 13.0. The number of benzene rings is 1. The molecule has 3 heterocycles. The first kappa shape index (κ1) is 17.9. The van der Waals surface area contributed by atoms with E-state index in [9.17, 15) is 13.2 Å². The molecule has 0 saturated carbocycles. The minimum atomic E-state index is -4.41. The Morgan fingerprint density at radius 2 is 1.96 bits per heavy atom. The average molecular weight is 388 g/mol. The van der Waals surface area contributed by atoms with E-state index in [1.807, 2.05) is 6.92 Å². The predicted octanol–water partition coefficient (Wildman–Crippen LogP) is 3.21. The van der Waals surface area contributed by atoms with Crippen molar-refractivity contribution in [2.45, 2.75) is 26.1 Å².